The van der Waals surface area contributed by atoms with Gasteiger partial charge in [-0.05, 0) is 42.5 Å². The Bertz CT molecular complexity index is 951. The number of carbonyl (C=O) groups excluding carboxylic acids is 2. The van der Waals surface area contributed by atoms with E-state index in [4.69, 9.17) is 17.0 Å². The highest BCUT2D eigenvalue weighted by atomic mass is 32.1. The van der Waals surface area contributed by atoms with E-state index in [1.807, 2.05) is 24.3 Å². The van der Waals surface area contributed by atoms with E-state index in [0.717, 1.165) is 10.1 Å². The molecule has 0 aliphatic rings. The second-order valence-electron chi connectivity index (χ2n) is 5.09. The van der Waals surface area contributed by atoms with Crippen LogP contribution in [0.3, 0.4) is 0 Å². The van der Waals surface area contributed by atoms with E-state index in [-0.39, 0.29) is 17.0 Å². The van der Waals surface area contributed by atoms with E-state index in [0.29, 0.717) is 16.1 Å². The maximum absolute atomic E-state index is 12.1. The molecule has 0 aliphatic heterocycles. The van der Waals surface area contributed by atoms with E-state index in [1.54, 1.807) is 30.3 Å². The first kappa shape index (κ1) is 17.1. The molecule has 0 saturated heterocycles. The lowest BCUT2D eigenvalue weighted by Gasteiger charge is -2.10. The van der Waals surface area contributed by atoms with Crippen LogP contribution in [0.5, 0.6) is 0 Å². The molecule has 1 amide bonds. The Hall–Kier alpha value is -2.77. The summed E-state index contributed by atoms with van der Waals surface area (Å²) in [5.41, 5.74) is 1.23. The average Bonchev–Trinajstić information content (AvgIpc) is 3.07. The smallest absolute Gasteiger partial charge is 0.348 e. The monoisotopic (exact) mass is 370 g/mol. The van der Waals surface area contributed by atoms with Crippen LogP contribution >= 0.6 is 23.6 Å². The molecule has 3 aromatic rings. The molecule has 0 radical (unpaired) electrons. The molecule has 0 saturated carbocycles. The minimum atomic E-state index is -0.382. The lowest BCUT2D eigenvalue weighted by atomic mass is 10.2. The van der Waals surface area contributed by atoms with Crippen molar-refractivity contribution in [1.29, 1.82) is 0 Å². The number of ether oxygens (including phenoxy) is 1. The van der Waals surface area contributed by atoms with Gasteiger partial charge in [0.2, 0.25) is 0 Å². The van der Waals surface area contributed by atoms with Gasteiger partial charge in [0.15, 0.2) is 5.11 Å². The van der Waals surface area contributed by atoms with Gasteiger partial charge in [0.25, 0.3) is 5.91 Å². The van der Waals surface area contributed by atoms with Crippen molar-refractivity contribution >= 4 is 56.3 Å². The number of thiocarbonyl (C=S) groups is 1. The maximum atomic E-state index is 12.1. The van der Waals surface area contributed by atoms with Crippen LogP contribution in [0.15, 0.2) is 54.6 Å². The lowest BCUT2D eigenvalue weighted by molar-refractivity contribution is 0.0606. The zero-order valence-corrected chi connectivity index (χ0v) is 14.9. The van der Waals surface area contributed by atoms with Crippen LogP contribution in [0.4, 0.5) is 5.69 Å². The van der Waals surface area contributed by atoms with Crippen LogP contribution in [-0.4, -0.2) is 24.1 Å². The Kier molecular flexibility index (Phi) is 5.06. The summed E-state index contributed by atoms with van der Waals surface area (Å²) in [5.74, 6) is -0.669. The number of esters is 1. The molecule has 2 aromatic carbocycles. The minimum absolute atomic E-state index is 0.187. The highest BCUT2D eigenvalue weighted by molar-refractivity contribution is 7.80. The van der Waals surface area contributed by atoms with E-state index in [1.165, 1.54) is 18.4 Å². The Morgan fingerprint density at radius 1 is 1.08 bits per heavy atom. The number of methoxy groups -OCH3 is 1. The highest BCUT2D eigenvalue weighted by Gasteiger charge is 2.14. The number of carbonyl (C=O) groups is 2. The topological polar surface area (TPSA) is 67.4 Å². The predicted molar refractivity (Wildman–Crippen MR) is 103 cm³/mol. The normalized spacial score (nSPS) is 10.3. The molecule has 1 aromatic heterocycles. The molecule has 0 unspecified atom stereocenters. The predicted octanol–water partition coefficient (Wildman–Crippen LogP) is 3.81. The van der Waals surface area contributed by atoms with Crippen LogP contribution in [0.25, 0.3) is 10.1 Å². The number of thiophene rings is 1. The number of fused-ring (bicyclic) bond motifs is 1. The molecule has 0 bridgehead atoms. The molecular formula is C18H14N2O3S2. The summed E-state index contributed by atoms with van der Waals surface area (Å²) in [6, 6.07) is 16.2. The summed E-state index contributed by atoms with van der Waals surface area (Å²) < 4.78 is 5.68. The van der Waals surface area contributed by atoms with Gasteiger partial charge >= 0.3 is 5.97 Å². The summed E-state index contributed by atoms with van der Waals surface area (Å²) in [5, 5.41) is 6.68. The van der Waals surface area contributed by atoms with Gasteiger partial charge in [0.05, 0.1) is 7.11 Å². The van der Waals surface area contributed by atoms with Crippen molar-refractivity contribution in [2.24, 2.45) is 0 Å². The number of anilines is 1. The highest BCUT2D eigenvalue weighted by Crippen LogP contribution is 2.31. The second-order valence-corrected chi connectivity index (χ2v) is 6.59. The third kappa shape index (κ3) is 3.84. The Morgan fingerprint density at radius 3 is 2.56 bits per heavy atom. The van der Waals surface area contributed by atoms with Crippen molar-refractivity contribution in [3.63, 3.8) is 0 Å². The number of amides is 1. The standard InChI is InChI=1S/C18H14N2O3S2/c1-23-17(22)15-10-12-13(8-5-9-14(12)25-15)19-18(24)20-16(21)11-6-3-2-4-7-11/h2-10H,1H3,(H2,19,20,21,24). The third-order valence-corrected chi connectivity index (χ3v) is 4.74. The first-order valence-corrected chi connectivity index (χ1v) is 8.59. The number of benzene rings is 2. The molecule has 126 valence electrons. The molecule has 0 aliphatic carbocycles. The average molecular weight is 370 g/mol. The summed E-state index contributed by atoms with van der Waals surface area (Å²) in [7, 11) is 1.35. The minimum Gasteiger partial charge on any atom is -0.465 e. The van der Waals surface area contributed by atoms with Gasteiger partial charge in [-0.2, -0.15) is 0 Å². The van der Waals surface area contributed by atoms with Gasteiger partial charge < -0.3 is 10.1 Å². The first-order chi connectivity index (χ1) is 12.1. The molecule has 25 heavy (non-hydrogen) atoms. The second kappa shape index (κ2) is 7.42. The first-order valence-electron chi connectivity index (χ1n) is 7.37. The maximum Gasteiger partial charge on any atom is 0.348 e. The van der Waals surface area contributed by atoms with Gasteiger partial charge in [0.1, 0.15) is 4.88 Å². The van der Waals surface area contributed by atoms with Gasteiger partial charge in [-0.25, -0.2) is 4.79 Å². The molecular weight excluding hydrogens is 356 g/mol. The fraction of sp³-hybridized carbons (Fsp3) is 0.0556. The Balaban J connectivity index is 1.78. The summed E-state index contributed by atoms with van der Waals surface area (Å²) in [4.78, 5) is 24.4. The number of hydrogen-bond acceptors (Lipinski definition) is 5. The fourth-order valence-electron chi connectivity index (χ4n) is 2.29. The van der Waals surface area contributed by atoms with Crippen molar-refractivity contribution in [2.45, 2.75) is 0 Å². The number of hydrogen-bond donors (Lipinski definition) is 2. The van der Waals surface area contributed by atoms with Crippen LogP contribution in [-0.2, 0) is 4.74 Å². The molecule has 0 spiro atoms. The third-order valence-electron chi connectivity index (χ3n) is 3.46. The zero-order valence-electron chi connectivity index (χ0n) is 13.2. The van der Waals surface area contributed by atoms with E-state index < -0.39 is 0 Å². The van der Waals surface area contributed by atoms with Gasteiger partial charge in [-0.3, -0.25) is 10.1 Å². The zero-order chi connectivity index (χ0) is 17.8. The Morgan fingerprint density at radius 2 is 1.84 bits per heavy atom. The number of rotatable bonds is 3. The van der Waals surface area contributed by atoms with Crippen molar-refractivity contribution in [1.82, 2.24) is 5.32 Å². The number of nitrogens with one attached hydrogen (secondary N) is 2. The van der Waals surface area contributed by atoms with E-state index in [2.05, 4.69) is 10.6 Å². The van der Waals surface area contributed by atoms with E-state index >= 15 is 0 Å². The van der Waals surface area contributed by atoms with Gasteiger partial charge in [-0.15, -0.1) is 11.3 Å². The molecule has 0 atom stereocenters. The van der Waals surface area contributed by atoms with Crippen molar-refractivity contribution < 1.29 is 14.3 Å². The largest absolute Gasteiger partial charge is 0.465 e. The lowest BCUT2D eigenvalue weighted by Crippen LogP contribution is -2.34. The van der Waals surface area contributed by atoms with Gasteiger partial charge in [0, 0.05) is 21.3 Å². The summed E-state index contributed by atoms with van der Waals surface area (Å²) >= 11 is 6.56. The molecule has 2 N–H and O–H groups in total. The van der Waals surface area contributed by atoms with Crippen LogP contribution in [0, 0.1) is 0 Å². The summed E-state index contributed by atoms with van der Waals surface area (Å²) in [6.07, 6.45) is 0. The molecule has 3 rings (SSSR count). The molecule has 0 fully saturated rings. The Labute approximate surface area is 153 Å². The van der Waals surface area contributed by atoms with Crippen LogP contribution in [0.2, 0.25) is 0 Å². The summed E-state index contributed by atoms with van der Waals surface area (Å²) in [6.45, 7) is 0. The van der Waals surface area contributed by atoms with E-state index in [9.17, 15) is 9.59 Å². The quantitative estimate of drug-likeness (QED) is 0.542. The molecule has 5 nitrogen and oxygen atoms in total. The SMILES string of the molecule is COC(=O)c1cc2c(NC(=S)NC(=O)c3ccccc3)cccc2s1. The van der Waals surface area contributed by atoms with Gasteiger partial charge in [-0.1, -0.05) is 24.3 Å². The molecule has 1 heterocycles. The van der Waals surface area contributed by atoms with Crippen LogP contribution < -0.4 is 10.6 Å². The van der Waals surface area contributed by atoms with Crippen molar-refractivity contribution in [2.75, 3.05) is 12.4 Å². The van der Waals surface area contributed by atoms with Crippen molar-refractivity contribution in [3.8, 4) is 0 Å². The molecule has 7 heteroatoms. The van der Waals surface area contributed by atoms with Crippen LogP contribution in [0.1, 0.15) is 20.0 Å². The van der Waals surface area contributed by atoms with Crippen molar-refractivity contribution in [3.05, 3.63) is 65.0 Å². The fourth-order valence-corrected chi connectivity index (χ4v) is 3.50.